The van der Waals surface area contributed by atoms with E-state index in [9.17, 15) is 0 Å². The second kappa shape index (κ2) is 11.6. The fourth-order valence-corrected chi connectivity index (χ4v) is 2.01. The molecule has 2 nitrogen and oxygen atoms in total. The number of hydrogen-bond acceptors (Lipinski definition) is 0. The molecule has 0 aliphatic rings. The minimum atomic E-state index is 0. The van der Waals surface area contributed by atoms with Crippen LogP contribution in [0.2, 0.25) is 0 Å². The van der Waals surface area contributed by atoms with Gasteiger partial charge < -0.3 is 5.48 Å². The second-order valence-electron chi connectivity index (χ2n) is 4.59. The summed E-state index contributed by atoms with van der Waals surface area (Å²) in [5.74, 6) is 0. The molecule has 2 heteroatoms. The molecule has 98 valence electrons. The average Bonchev–Trinajstić information content (AvgIpc) is 2.34. The van der Waals surface area contributed by atoms with Crippen molar-refractivity contribution in [2.75, 3.05) is 0 Å². The van der Waals surface area contributed by atoms with Gasteiger partial charge in [-0.05, 0) is 6.42 Å². The Bertz CT molecular complexity index is 248. The molecule has 1 heterocycles. The van der Waals surface area contributed by atoms with Crippen molar-refractivity contribution in [3.8, 4) is 0 Å². The molecule has 0 fully saturated rings. The van der Waals surface area contributed by atoms with Crippen LogP contribution in [0.1, 0.15) is 58.3 Å². The van der Waals surface area contributed by atoms with E-state index in [2.05, 4.69) is 42.1 Å². The van der Waals surface area contributed by atoms with Crippen LogP contribution in [-0.2, 0) is 6.54 Å². The molecule has 0 saturated carbocycles. The third-order valence-electron chi connectivity index (χ3n) is 3.05. The van der Waals surface area contributed by atoms with Gasteiger partial charge in [-0.2, -0.15) is 0 Å². The standard InChI is InChI=1S/C15H26N.H2O/c1-2-3-4-5-6-7-8-10-13-16-14-11-9-12-15-16;/h9,11-12,14-15H,2-8,10,13H2,1H3;1H2/q+1;. The van der Waals surface area contributed by atoms with Crippen molar-refractivity contribution < 1.29 is 10.0 Å². The fraction of sp³-hybridized carbons (Fsp3) is 0.667. The molecule has 0 amide bonds. The summed E-state index contributed by atoms with van der Waals surface area (Å²) in [6.45, 7) is 3.45. The van der Waals surface area contributed by atoms with Crippen molar-refractivity contribution in [3.05, 3.63) is 30.6 Å². The van der Waals surface area contributed by atoms with Crippen molar-refractivity contribution >= 4 is 0 Å². The maximum absolute atomic E-state index is 2.27. The fourth-order valence-electron chi connectivity index (χ4n) is 2.01. The van der Waals surface area contributed by atoms with Crippen molar-refractivity contribution in [2.45, 2.75) is 64.8 Å². The SMILES string of the molecule is CCCCCCCCCC[n+]1ccccc1.O. The van der Waals surface area contributed by atoms with E-state index < -0.39 is 0 Å². The van der Waals surface area contributed by atoms with Gasteiger partial charge in [0.2, 0.25) is 0 Å². The lowest BCUT2D eigenvalue weighted by Gasteiger charge is -2.00. The van der Waals surface area contributed by atoms with Gasteiger partial charge >= 0.3 is 0 Å². The van der Waals surface area contributed by atoms with E-state index in [0.717, 1.165) is 0 Å². The Morgan fingerprint density at radius 2 is 1.24 bits per heavy atom. The molecule has 17 heavy (non-hydrogen) atoms. The van der Waals surface area contributed by atoms with Gasteiger partial charge in [0.15, 0.2) is 12.4 Å². The predicted octanol–water partition coefficient (Wildman–Crippen LogP) is 3.29. The van der Waals surface area contributed by atoms with Crippen molar-refractivity contribution in [1.29, 1.82) is 0 Å². The summed E-state index contributed by atoms with van der Waals surface area (Å²) in [6.07, 6.45) is 15.5. The summed E-state index contributed by atoms with van der Waals surface area (Å²) >= 11 is 0. The molecule has 0 saturated heterocycles. The van der Waals surface area contributed by atoms with Gasteiger partial charge in [-0.1, -0.05) is 51.5 Å². The third-order valence-corrected chi connectivity index (χ3v) is 3.05. The van der Waals surface area contributed by atoms with Crippen LogP contribution in [0.3, 0.4) is 0 Å². The summed E-state index contributed by atoms with van der Waals surface area (Å²) < 4.78 is 2.27. The normalized spacial score (nSPS) is 9.94. The predicted molar refractivity (Wildman–Crippen MR) is 72.9 cm³/mol. The minimum absolute atomic E-state index is 0. The van der Waals surface area contributed by atoms with Crippen LogP contribution >= 0.6 is 0 Å². The zero-order valence-electron chi connectivity index (χ0n) is 11.2. The Labute approximate surface area is 106 Å². The van der Waals surface area contributed by atoms with Gasteiger partial charge in [0.25, 0.3) is 0 Å². The van der Waals surface area contributed by atoms with Crippen LogP contribution in [0, 0.1) is 0 Å². The maximum Gasteiger partial charge on any atom is 0.168 e. The summed E-state index contributed by atoms with van der Waals surface area (Å²) in [5.41, 5.74) is 0. The number of rotatable bonds is 9. The largest absolute Gasteiger partial charge is 0.412 e. The zero-order valence-corrected chi connectivity index (χ0v) is 11.2. The van der Waals surface area contributed by atoms with Crippen molar-refractivity contribution in [1.82, 2.24) is 0 Å². The maximum atomic E-state index is 2.27. The molecule has 2 N–H and O–H groups in total. The van der Waals surface area contributed by atoms with E-state index in [-0.39, 0.29) is 5.48 Å². The summed E-state index contributed by atoms with van der Waals surface area (Å²) in [4.78, 5) is 0. The molecular formula is C15H28NO+. The summed E-state index contributed by atoms with van der Waals surface area (Å²) in [6, 6.07) is 6.28. The van der Waals surface area contributed by atoms with Crippen LogP contribution in [0.15, 0.2) is 30.6 Å². The molecule has 0 radical (unpaired) electrons. The molecule has 0 bridgehead atoms. The van der Waals surface area contributed by atoms with Gasteiger partial charge in [-0.25, -0.2) is 4.57 Å². The molecule has 0 aromatic carbocycles. The van der Waals surface area contributed by atoms with Crippen molar-refractivity contribution in [2.24, 2.45) is 0 Å². The first-order valence-corrected chi connectivity index (χ1v) is 6.87. The number of aromatic nitrogens is 1. The number of nitrogens with zero attached hydrogens (tertiary/aromatic N) is 1. The highest BCUT2D eigenvalue weighted by molar-refractivity contribution is 4.83. The number of unbranched alkanes of at least 4 members (excludes halogenated alkanes) is 7. The molecule has 1 aromatic rings. The van der Waals surface area contributed by atoms with Crippen LogP contribution in [0.4, 0.5) is 0 Å². The van der Waals surface area contributed by atoms with Gasteiger partial charge in [0.05, 0.1) is 0 Å². The van der Waals surface area contributed by atoms with Gasteiger partial charge in [-0.3, -0.25) is 0 Å². The van der Waals surface area contributed by atoms with E-state index in [0.29, 0.717) is 0 Å². The molecule has 1 rings (SSSR count). The Balaban J connectivity index is 0.00000256. The van der Waals surface area contributed by atoms with E-state index in [1.54, 1.807) is 0 Å². The molecule has 0 spiro atoms. The molecule has 1 aromatic heterocycles. The monoisotopic (exact) mass is 238 g/mol. The first-order valence-electron chi connectivity index (χ1n) is 6.87. The molecule has 0 aliphatic carbocycles. The quantitative estimate of drug-likeness (QED) is 0.467. The highest BCUT2D eigenvalue weighted by atomic mass is 16.0. The van der Waals surface area contributed by atoms with Crippen molar-refractivity contribution in [3.63, 3.8) is 0 Å². The van der Waals surface area contributed by atoms with Crippen LogP contribution in [0.25, 0.3) is 0 Å². The first kappa shape index (κ1) is 16.1. The third kappa shape index (κ3) is 8.87. The Morgan fingerprint density at radius 3 is 1.82 bits per heavy atom. The topological polar surface area (TPSA) is 35.4 Å². The molecule has 0 atom stereocenters. The Kier molecular flexibility index (Phi) is 11.0. The summed E-state index contributed by atoms with van der Waals surface area (Å²) in [7, 11) is 0. The lowest BCUT2D eigenvalue weighted by Crippen LogP contribution is -2.32. The second-order valence-corrected chi connectivity index (χ2v) is 4.59. The molecule has 0 unspecified atom stereocenters. The van der Waals surface area contributed by atoms with E-state index >= 15 is 0 Å². The highest BCUT2D eigenvalue weighted by Gasteiger charge is 1.97. The number of pyridine rings is 1. The minimum Gasteiger partial charge on any atom is -0.412 e. The van der Waals surface area contributed by atoms with Crippen LogP contribution in [-0.4, -0.2) is 5.48 Å². The van der Waals surface area contributed by atoms with Gasteiger partial charge in [-0.15, -0.1) is 0 Å². The summed E-state index contributed by atoms with van der Waals surface area (Å²) in [5, 5.41) is 0. The lowest BCUT2D eigenvalue weighted by molar-refractivity contribution is -0.697. The first-order chi connectivity index (χ1) is 7.93. The van der Waals surface area contributed by atoms with E-state index in [4.69, 9.17) is 0 Å². The number of hydrogen-bond donors (Lipinski definition) is 0. The van der Waals surface area contributed by atoms with Gasteiger partial charge in [0, 0.05) is 18.6 Å². The van der Waals surface area contributed by atoms with E-state index in [1.165, 1.54) is 57.9 Å². The van der Waals surface area contributed by atoms with Gasteiger partial charge in [0.1, 0.15) is 6.54 Å². The Morgan fingerprint density at radius 1 is 0.706 bits per heavy atom. The lowest BCUT2D eigenvalue weighted by atomic mass is 10.1. The molecule has 0 aliphatic heterocycles. The van der Waals surface area contributed by atoms with Crippen LogP contribution < -0.4 is 4.57 Å². The number of aryl methyl sites for hydroxylation is 1. The van der Waals surface area contributed by atoms with E-state index in [1.807, 2.05) is 0 Å². The van der Waals surface area contributed by atoms with Crippen LogP contribution in [0.5, 0.6) is 0 Å². The smallest absolute Gasteiger partial charge is 0.168 e. The highest BCUT2D eigenvalue weighted by Crippen LogP contribution is 2.08. The average molecular weight is 238 g/mol. The zero-order chi connectivity index (χ0) is 11.5. The molecular weight excluding hydrogens is 210 g/mol. The Hall–Kier alpha value is -0.890.